The molecule has 2 atom stereocenters. The van der Waals surface area contributed by atoms with Gasteiger partial charge in [0.15, 0.2) is 5.82 Å². The highest BCUT2D eigenvalue weighted by Crippen LogP contribution is 2.35. The number of amides is 1. The Hall–Kier alpha value is -2.19. The first-order valence-electron chi connectivity index (χ1n) is 9.17. The monoisotopic (exact) mass is 460 g/mol. The zero-order valence-corrected chi connectivity index (χ0v) is 18.3. The SMILES string of the molecule is CC(C)C1COC(=O)N1c1nc(N[C@@H](C)c2ccc(Br)cc2)nc2ccsc12. The standard InChI is InChI=1S/C20H21BrN4O2S/c1-11(2)16-10-27-20(26)25(16)18-17-15(8-9-28-17)23-19(24-18)22-12(3)13-4-6-14(21)7-5-13/h4-9,11-12,16H,10H2,1-3H3,(H,22,23,24)/t12-,16?/m0/s1. The van der Waals surface area contributed by atoms with E-state index in [2.05, 4.69) is 59.1 Å². The molecule has 0 spiro atoms. The molecule has 6 nitrogen and oxygen atoms in total. The third-order valence-electron chi connectivity index (χ3n) is 4.90. The Morgan fingerprint density at radius 3 is 2.68 bits per heavy atom. The van der Waals surface area contributed by atoms with E-state index in [1.807, 2.05) is 23.6 Å². The highest BCUT2D eigenvalue weighted by atomic mass is 79.9. The van der Waals surface area contributed by atoms with Gasteiger partial charge in [-0.1, -0.05) is 41.9 Å². The number of benzene rings is 1. The summed E-state index contributed by atoms with van der Waals surface area (Å²) in [5.74, 6) is 1.37. The number of fused-ring (bicyclic) bond motifs is 1. The van der Waals surface area contributed by atoms with Crippen LogP contribution in [0, 0.1) is 5.92 Å². The summed E-state index contributed by atoms with van der Waals surface area (Å²) >= 11 is 5.00. The van der Waals surface area contributed by atoms with E-state index in [0.29, 0.717) is 18.4 Å². The first-order chi connectivity index (χ1) is 13.4. The van der Waals surface area contributed by atoms with Crippen molar-refractivity contribution in [2.75, 3.05) is 16.8 Å². The first kappa shape index (κ1) is 19.1. The van der Waals surface area contributed by atoms with Crippen LogP contribution in [0.3, 0.4) is 0 Å². The van der Waals surface area contributed by atoms with E-state index in [4.69, 9.17) is 9.72 Å². The lowest BCUT2D eigenvalue weighted by Crippen LogP contribution is -2.38. The number of hydrogen-bond acceptors (Lipinski definition) is 6. The Bertz CT molecular complexity index is 1010. The van der Waals surface area contributed by atoms with Gasteiger partial charge in [0.2, 0.25) is 5.95 Å². The summed E-state index contributed by atoms with van der Waals surface area (Å²) in [6, 6.07) is 10.1. The summed E-state index contributed by atoms with van der Waals surface area (Å²) < 4.78 is 7.26. The van der Waals surface area contributed by atoms with E-state index >= 15 is 0 Å². The lowest BCUT2D eigenvalue weighted by Gasteiger charge is -2.24. The van der Waals surface area contributed by atoms with Crippen molar-refractivity contribution in [3.05, 3.63) is 45.7 Å². The molecule has 2 aromatic heterocycles. The number of rotatable bonds is 5. The van der Waals surface area contributed by atoms with Gasteiger partial charge in [-0.3, -0.25) is 4.90 Å². The van der Waals surface area contributed by atoms with Crippen LogP contribution < -0.4 is 10.2 Å². The zero-order chi connectivity index (χ0) is 19.8. The van der Waals surface area contributed by atoms with Crippen molar-refractivity contribution in [1.29, 1.82) is 0 Å². The second-order valence-electron chi connectivity index (χ2n) is 7.18. The van der Waals surface area contributed by atoms with Crippen LogP contribution in [-0.2, 0) is 4.74 Å². The smallest absolute Gasteiger partial charge is 0.415 e. The van der Waals surface area contributed by atoms with Crippen LogP contribution in [0.25, 0.3) is 10.2 Å². The molecule has 4 rings (SSSR count). The van der Waals surface area contributed by atoms with Gasteiger partial charge in [0.25, 0.3) is 0 Å². The van der Waals surface area contributed by atoms with Crippen LogP contribution >= 0.6 is 27.3 Å². The molecule has 0 aliphatic carbocycles. The molecule has 0 radical (unpaired) electrons. The molecule has 8 heteroatoms. The number of carbonyl (C=O) groups is 1. The number of nitrogens with one attached hydrogen (secondary N) is 1. The molecule has 1 fully saturated rings. The van der Waals surface area contributed by atoms with E-state index in [1.54, 1.807) is 4.90 Å². The van der Waals surface area contributed by atoms with Crippen LogP contribution in [0.1, 0.15) is 32.4 Å². The molecule has 0 bridgehead atoms. The molecule has 1 saturated heterocycles. The van der Waals surface area contributed by atoms with Crippen molar-refractivity contribution in [3.63, 3.8) is 0 Å². The number of thiophene rings is 1. The molecule has 28 heavy (non-hydrogen) atoms. The number of anilines is 2. The summed E-state index contributed by atoms with van der Waals surface area (Å²) in [4.78, 5) is 23.5. The lowest BCUT2D eigenvalue weighted by atomic mass is 10.0. The van der Waals surface area contributed by atoms with E-state index in [1.165, 1.54) is 11.3 Å². The number of cyclic esters (lactones) is 1. The largest absolute Gasteiger partial charge is 0.447 e. The average molecular weight is 461 g/mol. The van der Waals surface area contributed by atoms with Crippen molar-refractivity contribution in [2.24, 2.45) is 5.92 Å². The summed E-state index contributed by atoms with van der Waals surface area (Å²) in [7, 11) is 0. The van der Waals surface area contributed by atoms with Gasteiger partial charge in [-0.15, -0.1) is 11.3 Å². The molecule has 3 heterocycles. The van der Waals surface area contributed by atoms with Crippen LogP contribution in [0.5, 0.6) is 0 Å². The van der Waals surface area contributed by atoms with Crippen LogP contribution in [0.4, 0.5) is 16.6 Å². The predicted octanol–water partition coefficient (Wildman–Crippen LogP) is 5.61. The van der Waals surface area contributed by atoms with Gasteiger partial charge >= 0.3 is 6.09 Å². The maximum atomic E-state index is 12.5. The molecule has 1 aromatic carbocycles. The van der Waals surface area contributed by atoms with E-state index in [0.717, 1.165) is 20.3 Å². The van der Waals surface area contributed by atoms with E-state index < -0.39 is 0 Å². The normalized spacial score (nSPS) is 18.0. The fourth-order valence-electron chi connectivity index (χ4n) is 3.27. The van der Waals surface area contributed by atoms with E-state index in [-0.39, 0.29) is 24.1 Å². The minimum Gasteiger partial charge on any atom is -0.447 e. The van der Waals surface area contributed by atoms with Gasteiger partial charge in [-0.05, 0) is 42.0 Å². The van der Waals surface area contributed by atoms with E-state index in [9.17, 15) is 4.79 Å². The summed E-state index contributed by atoms with van der Waals surface area (Å²) in [6.45, 7) is 6.61. The van der Waals surface area contributed by atoms with Crippen molar-refractivity contribution in [3.8, 4) is 0 Å². The van der Waals surface area contributed by atoms with Crippen LogP contribution in [-0.4, -0.2) is 28.7 Å². The lowest BCUT2D eigenvalue weighted by molar-refractivity contribution is 0.177. The summed E-state index contributed by atoms with van der Waals surface area (Å²) in [6.07, 6.45) is -0.348. The van der Waals surface area contributed by atoms with Crippen molar-refractivity contribution >= 4 is 55.3 Å². The summed E-state index contributed by atoms with van der Waals surface area (Å²) in [5, 5.41) is 5.34. The van der Waals surface area contributed by atoms with Crippen LogP contribution in [0.2, 0.25) is 0 Å². The molecule has 1 unspecified atom stereocenters. The Morgan fingerprint density at radius 2 is 1.96 bits per heavy atom. The van der Waals surface area contributed by atoms with Gasteiger partial charge in [0.1, 0.15) is 6.61 Å². The number of aromatic nitrogens is 2. The maximum absolute atomic E-state index is 12.5. The number of carbonyl (C=O) groups excluding carboxylic acids is 1. The second kappa shape index (κ2) is 7.67. The predicted molar refractivity (Wildman–Crippen MR) is 116 cm³/mol. The number of nitrogens with zero attached hydrogens (tertiary/aromatic N) is 3. The highest BCUT2D eigenvalue weighted by Gasteiger charge is 2.38. The van der Waals surface area contributed by atoms with Crippen molar-refractivity contribution < 1.29 is 9.53 Å². The Kier molecular flexibility index (Phi) is 5.25. The van der Waals surface area contributed by atoms with Gasteiger partial charge in [-0.25, -0.2) is 9.78 Å². The molecule has 3 aromatic rings. The minimum absolute atomic E-state index is 0.0171. The topological polar surface area (TPSA) is 67.3 Å². The van der Waals surface area contributed by atoms with Crippen LogP contribution in [0.15, 0.2) is 40.2 Å². The van der Waals surface area contributed by atoms with Gasteiger partial charge < -0.3 is 10.1 Å². The first-order valence-corrected chi connectivity index (χ1v) is 10.8. The molecule has 1 amide bonds. The quantitative estimate of drug-likeness (QED) is 0.535. The number of halogens is 1. The number of hydrogen-bond donors (Lipinski definition) is 1. The minimum atomic E-state index is -0.348. The maximum Gasteiger partial charge on any atom is 0.415 e. The molecular weight excluding hydrogens is 440 g/mol. The Balaban J connectivity index is 1.71. The van der Waals surface area contributed by atoms with Gasteiger partial charge in [-0.2, -0.15) is 4.98 Å². The second-order valence-corrected chi connectivity index (χ2v) is 9.01. The fourth-order valence-corrected chi connectivity index (χ4v) is 4.36. The summed E-state index contributed by atoms with van der Waals surface area (Å²) in [5.41, 5.74) is 1.95. The molecule has 146 valence electrons. The zero-order valence-electron chi connectivity index (χ0n) is 15.8. The Labute approximate surface area is 176 Å². The third kappa shape index (κ3) is 3.58. The van der Waals surface area contributed by atoms with Gasteiger partial charge in [0.05, 0.1) is 22.3 Å². The number of ether oxygens (including phenoxy) is 1. The van der Waals surface area contributed by atoms with Crippen molar-refractivity contribution in [1.82, 2.24) is 9.97 Å². The molecular formula is C20H21BrN4O2S. The third-order valence-corrected chi connectivity index (χ3v) is 6.33. The highest BCUT2D eigenvalue weighted by molar-refractivity contribution is 9.10. The molecule has 1 N–H and O–H groups in total. The average Bonchev–Trinajstić information content (AvgIpc) is 3.28. The van der Waals surface area contributed by atoms with Gasteiger partial charge in [0, 0.05) is 4.47 Å². The Morgan fingerprint density at radius 1 is 1.21 bits per heavy atom. The molecule has 1 aliphatic rings. The fraction of sp³-hybridized carbons (Fsp3) is 0.350. The van der Waals surface area contributed by atoms with Crippen molar-refractivity contribution in [2.45, 2.75) is 32.9 Å². The molecule has 0 saturated carbocycles. The molecule has 1 aliphatic heterocycles.